The van der Waals surface area contributed by atoms with Crippen molar-refractivity contribution in [1.82, 2.24) is 9.62 Å². The van der Waals surface area contributed by atoms with Crippen molar-refractivity contribution in [3.8, 4) is 0 Å². The summed E-state index contributed by atoms with van der Waals surface area (Å²) >= 11 is 0. The predicted molar refractivity (Wildman–Crippen MR) is 103 cm³/mol. The van der Waals surface area contributed by atoms with E-state index < -0.39 is 14.9 Å². The summed E-state index contributed by atoms with van der Waals surface area (Å²) in [6, 6.07) is 12.8. The molecule has 0 aliphatic carbocycles. The lowest BCUT2D eigenvalue weighted by Crippen LogP contribution is -2.30. The van der Waals surface area contributed by atoms with Gasteiger partial charge in [-0.1, -0.05) is 36.8 Å². The summed E-state index contributed by atoms with van der Waals surface area (Å²) < 4.78 is 27.6. The van der Waals surface area contributed by atoms with Crippen LogP contribution in [0, 0.1) is 10.1 Å². The SMILES string of the molecule is O=[N+]([O-])c1cccc(S(=O)(=O)NCc2ccccc2CN2CCCCC2)c1. The standard InChI is InChI=1S/C19H23N3O4S/c23-22(24)18-9-6-10-19(13-18)27(25,26)20-14-16-7-2-3-8-17(16)15-21-11-4-1-5-12-21/h2-3,6-10,13,20H,1,4-5,11-12,14-15H2. The zero-order valence-corrected chi connectivity index (χ0v) is 15.8. The Morgan fingerprint density at radius 2 is 1.70 bits per heavy atom. The van der Waals surface area contributed by atoms with Crippen molar-refractivity contribution in [3.63, 3.8) is 0 Å². The van der Waals surface area contributed by atoms with Crippen LogP contribution in [0.5, 0.6) is 0 Å². The van der Waals surface area contributed by atoms with Gasteiger partial charge in [-0.05, 0) is 43.1 Å². The Bertz CT molecular complexity index is 909. The van der Waals surface area contributed by atoms with Crippen LogP contribution in [0.2, 0.25) is 0 Å². The molecule has 0 unspecified atom stereocenters. The molecule has 1 aliphatic rings. The number of likely N-dealkylation sites (tertiary alicyclic amines) is 1. The first-order chi connectivity index (χ1) is 13.0. The van der Waals surface area contributed by atoms with Crippen LogP contribution in [0.1, 0.15) is 30.4 Å². The van der Waals surface area contributed by atoms with E-state index in [1.165, 1.54) is 37.5 Å². The van der Waals surface area contributed by atoms with E-state index in [1.807, 2.05) is 24.3 Å². The summed E-state index contributed by atoms with van der Waals surface area (Å²) in [5, 5.41) is 10.9. The van der Waals surface area contributed by atoms with Gasteiger partial charge >= 0.3 is 0 Å². The van der Waals surface area contributed by atoms with E-state index in [1.54, 1.807) is 0 Å². The average molecular weight is 389 g/mol. The van der Waals surface area contributed by atoms with Crippen LogP contribution in [0.15, 0.2) is 53.4 Å². The first-order valence-corrected chi connectivity index (χ1v) is 10.5. The molecule has 0 aromatic heterocycles. The van der Waals surface area contributed by atoms with Crippen LogP contribution >= 0.6 is 0 Å². The minimum atomic E-state index is -3.83. The molecule has 3 rings (SSSR count). The quantitative estimate of drug-likeness (QED) is 0.580. The van der Waals surface area contributed by atoms with E-state index in [9.17, 15) is 18.5 Å². The fourth-order valence-electron chi connectivity index (χ4n) is 3.26. The third-order valence-corrected chi connectivity index (χ3v) is 6.15. The average Bonchev–Trinajstić information content (AvgIpc) is 2.68. The fourth-order valence-corrected chi connectivity index (χ4v) is 4.31. The van der Waals surface area contributed by atoms with Gasteiger partial charge < -0.3 is 0 Å². The maximum Gasteiger partial charge on any atom is 0.270 e. The number of hydrogen-bond donors (Lipinski definition) is 1. The Kier molecular flexibility index (Phi) is 6.20. The van der Waals surface area contributed by atoms with Crippen LogP contribution in [0.4, 0.5) is 5.69 Å². The molecular weight excluding hydrogens is 366 g/mol. The van der Waals surface area contributed by atoms with Crippen molar-refractivity contribution in [2.45, 2.75) is 37.2 Å². The third kappa shape index (κ3) is 5.12. The normalized spacial score (nSPS) is 15.6. The Morgan fingerprint density at radius 1 is 1.00 bits per heavy atom. The lowest BCUT2D eigenvalue weighted by Gasteiger charge is -2.27. The second-order valence-electron chi connectivity index (χ2n) is 6.68. The number of rotatable bonds is 7. The summed E-state index contributed by atoms with van der Waals surface area (Å²) in [4.78, 5) is 12.6. The van der Waals surface area contributed by atoms with Crippen LogP contribution in [0.3, 0.4) is 0 Å². The number of nitrogens with one attached hydrogen (secondary N) is 1. The molecule has 1 aliphatic heterocycles. The highest BCUT2D eigenvalue weighted by Gasteiger charge is 2.18. The van der Waals surface area contributed by atoms with Gasteiger partial charge in [-0.2, -0.15) is 0 Å². The highest BCUT2D eigenvalue weighted by atomic mass is 32.2. The van der Waals surface area contributed by atoms with Crippen molar-refractivity contribution in [3.05, 3.63) is 69.8 Å². The lowest BCUT2D eigenvalue weighted by molar-refractivity contribution is -0.385. The minimum Gasteiger partial charge on any atom is -0.299 e. The van der Waals surface area contributed by atoms with E-state index in [4.69, 9.17) is 0 Å². The molecule has 1 fully saturated rings. The molecule has 0 saturated carbocycles. The number of sulfonamides is 1. The van der Waals surface area contributed by atoms with Crippen LogP contribution in [-0.2, 0) is 23.1 Å². The number of nitrogens with zero attached hydrogens (tertiary/aromatic N) is 2. The van der Waals surface area contributed by atoms with Gasteiger partial charge in [0.25, 0.3) is 5.69 Å². The molecule has 2 aromatic carbocycles. The van der Waals surface area contributed by atoms with Gasteiger partial charge in [0, 0.05) is 25.2 Å². The Hall–Kier alpha value is -2.29. The van der Waals surface area contributed by atoms with Crippen LogP contribution in [-0.4, -0.2) is 31.3 Å². The van der Waals surface area contributed by atoms with Crippen LogP contribution < -0.4 is 4.72 Å². The third-order valence-electron chi connectivity index (χ3n) is 4.75. The van der Waals surface area contributed by atoms with Gasteiger partial charge in [0.2, 0.25) is 10.0 Å². The van der Waals surface area contributed by atoms with Gasteiger partial charge in [0.05, 0.1) is 9.82 Å². The van der Waals surface area contributed by atoms with Gasteiger partial charge in [0.1, 0.15) is 0 Å². The van der Waals surface area contributed by atoms with Crippen molar-refractivity contribution in [2.24, 2.45) is 0 Å². The molecule has 1 N–H and O–H groups in total. The van der Waals surface area contributed by atoms with Crippen molar-refractivity contribution in [2.75, 3.05) is 13.1 Å². The molecule has 0 radical (unpaired) electrons. The second-order valence-corrected chi connectivity index (χ2v) is 8.45. The molecule has 0 atom stereocenters. The smallest absolute Gasteiger partial charge is 0.270 e. The van der Waals surface area contributed by atoms with Crippen molar-refractivity contribution in [1.29, 1.82) is 0 Å². The summed E-state index contributed by atoms with van der Waals surface area (Å²) in [5.74, 6) is 0. The molecule has 0 bridgehead atoms. The van der Waals surface area contributed by atoms with E-state index in [2.05, 4.69) is 9.62 Å². The Balaban J connectivity index is 1.72. The van der Waals surface area contributed by atoms with Gasteiger partial charge in [-0.15, -0.1) is 0 Å². The molecule has 144 valence electrons. The van der Waals surface area contributed by atoms with Gasteiger partial charge in [-0.3, -0.25) is 15.0 Å². The summed E-state index contributed by atoms with van der Waals surface area (Å²) in [5.41, 5.74) is 1.77. The summed E-state index contributed by atoms with van der Waals surface area (Å²) in [6.45, 7) is 3.07. The van der Waals surface area contributed by atoms with Crippen molar-refractivity contribution < 1.29 is 13.3 Å². The van der Waals surface area contributed by atoms with Crippen LogP contribution in [0.25, 0.3) is 0 Å². The number of nitro benzene ring substituents is 1. The largest absolute Gasteiger partial charge is 0.299 e. The molecule has 1 heterocycles. The maximum absolute atomic E-state index is 12.5. The van der Waals surface area contributed by atoms with E-state index in [0.717, 1.165) is 36.8 Å². The fraction of sp³-hybridized carbons (Fsp3) is 0.368. The van der Waals surface area contributed by atoms with Crippen molar-refractivity contribution >= 4 is 15.7 Å². The minimum absolute atomic E-state index is 0.106. The first-order valence-electron chi connectivity index (χ1n) is 8.99. The zero-order chi connectivity index (χ0) is 19.3. The summed E-state index contributed by atoms with van der Waals surface area (Å²) in [7, 11) is -3.83. The number of benzene rings is 2. The second kappa shape index (κ2) is 8.60. The molecule has 1 saturated heterocycles. The molecule has 2 aromatic rings. The number of piperidine rings is 1. The highest BCUT2D eigenvalue weighted by Crippen LogP contribution is 2.19. The molecule has 8 heteroatoms. The van der Waals surface area contributed by atoms with E-state index in [-0.39, 0.29) is 17.1 Å². The number of non-ortho nitro benzene ring substituents is 1. The molecule has 7 nitrogen and oxygen atoms in total. The summed E-state index contributed by atoms with van der Waals surface area (Å²) in [6.07, 6.45) is 3.66. The van der Waals surface area contributed by atoms with Gasteiger partial charge in [-0.25, -0.2) is 13.1 Å². The zero-order valence-electron chi connectivity index (χ0n) is 15.0. The van der Waals surface area contributed by atoms with Gasteiger partial charge in [0.15, 0.2) is 0 Å². The number of nitro groups is 1. The Morgan fingerprint density at radius 3 is 2.41 bits per heavy atom. The topological polar surface area (TPSA) is 92.5 Å². The molecule has 0 amide bonds. The molecular formula is C19H23N3O4S. The lowest BCUT2D eigenvalue weighted by atomic mass is 10.1. The first kappa shape index (κ1) is 19.5. The molecule has 0 spiro atoms. The number of hydrogen-bond acceptors (Lipinski definition) is 5. The predicted octanol–water partition coefficient (Wildman–Crippen LogP) is 3.06. The van der Waals surface area contributed by atoms with E-state index in [0.29, 0.717) is 0 Å². The molecule has 27 heavy (non-hydrogen) atoms. The monoisotopic (exact) mass is 389 g/mol. The maximum atomic E-state index is 12.5. The van der Waals surface area contributed by atoms with E-state index >= 15 is 0 Å². The Labute approximate surface area is 159 Å². The highest BCUT2D eigenvalue weighted by molar-refractivity contribution is 7.89.